The first-order valence-electron chi connectivity index (χ1n) is 6.29. The van der Waals surface area contributed by atoms with Crippen molar-refractivity contribution in [2.45, 2.75) is 17.9 Å². The third-order valence-electron chi connectivity index (χ3n) is 2.90. The van der Waals surface area contributed by atoms with Gasteiger partial charge in [0.2, 0.25) is 10.0 Å². The molecule has 0 radical (unpaired) electrons. The number of nitrogens with one attached hydrogen (secondary N) is 1. The molecule has 5 nitrogen and oxygen atoms in total. The van der Waals surface area contributed by atoms with Crippen molar-refractivity contribution in [3.05, 3.63) is 59.9 Å². The molecule has 0 saturated carbocycles. The van der Waals surface area contributed by atoms with Crippen LogP contribution in [0.2, 0.25) is 0 Å². The van der Waals surface area contributed by atoms with Crippen molar-refractivity contribution in [3.8, 4) is 0 Å². The van der Waals surface area contributed by atoms with Gasteiger partial charge in [0, 0.05) is 25.5 Å². The SMILES string of the molecule is NCc1ccc(S(=O)(=O)NCCc2cccnc2)cc1. The van der Waals surface area contributed by atoms with E-state index in [0.29, 0.717) is 19.5 Å². The van der Waals surface area contributed by atoms with Gasteiger partial charge in [-0.05, 0) is 35.7 Å². The van der Waals surface area contributed by atoms with Crippen LogP contribution in [0, 0.1) is 0 Å². The lowest BCUT2D eigenvalue weighted by Gasteiger charge is -2.07. The van der Waals surface area contributed by atoms with Gasteiger partial charge in [-0.3, -0.25) is 4.98 Å². The largest absolute Gasteiger partial charge is 0.326 e. The molecular weight excluding hydrogens is 274 g/mol. The van der Waals surface area contributed by atoms with Crippen molar-refractivity contribution < 1.29 is 8.42 Å². The summed E-state index contributed by atoms with van der Waals surface area (Å²) in [5.74, 6) is 0. The smallest absolute Gasteiger partial charge is 0.240 e. The molecule has 0 saturated heterocycles. The van der Waals surface area contributed by atoms with Crippen LogP contribution in [0.25, 0.3) is 0 Å². The molecule has 0 aliphatic carbocycles. The van der Waals surface area contributed by atoms with E-state index >= 15 is 0 Å². The highest BCUT2D eigenvalue weighted by molar-refractivity contribution is 7.89. The summed E-state index contributed by atoms with van der Waals surface area (Å²) >= 11 is 0. The molecule has 0 unspecified atom stereocenters. The zero-order valence-electron chi connectivity index (χ0n) is 11.0. The number of nitrogens with zero attached hydrogens (tertiary/aromatic N) is 1. The van der Waals surface area contributed by atoms with E-state index in [4.69, 9.17) is 5.73 Å². The fourth-order valence-corrected chi connectivity index (χ4v) is 2.80. The van der Waals surface area contributed by atoms with Crippen LogP contribution >= 0.6 is 0 Å². The summed E-state index contributed by atoms with van der Waals surface area (Å²) in [6.07, 6.45) is 4.02. The number of benzene rings is 1. The minimum atomic E-state index is -3.47. The quantitative estimate of drug-likeness (QED) is 0.833. The third-order valence-corrected chi connectivity index (χ3v) is 4.37. The summed E-state index contributed by atoms with van der Waals surface area (Å²) in [6, 6.07) is 10.3. The molecule has 0 spiro atoms. The maximum absolute atomic E-state index is 12.1. The minimum Gasteiger partial charge on any atom is -0.326 e. The molecule has 2 rings (SSSR count). The van der Waals surface area contributed by atoms with Crippen LogP contribution in [0.3, 0.4) is 0 Å². The topological polar surface area (TPSA) is 85.1 Å². The lowest BCUT2D eigenvalue weighted by molar-refractivity contribution is 0.581. The van der Waals surface area contributed by atoms with Crippen LogP contribution in [0.4, 0.5) is 0 Å². The summed E-state index contributed by atoms with van der Waals surface area (Å²) in [5.41, 5.74) is 7.38. The molecule has 3 N–H and O–H groups in total. The lowest BCUT2D eigenvalue weighted by atomic mass is 10.2. The van der Waals surface area contributed by atoms with Crippen molar-refractivity contribution in [2.75, 3.05) is 6.54 Å². The first kappa shape index (κ1) is 14.6. The van der Waals surface area contributed by atoms with Crippen LogP contribution in [0.15, 0.2) is 53.7 Å². The molecular formula is C14H17N3O2S. The Bertz CT molecular complexity index is 640. The second-order valence-corrected chi connectivity index (χ2v) is 6.12. The number of pyridine rings is 1. The molecule has 1 heterocycles. The van der Waals surface area contributed by atoms with Gasteiger partial charge in [0.25, 0.3) is 0 Å². The van der Waals surface area contributed by atoms with Gasteiger partial charge in [0.1, 0.15) is 0 Å². The van der Waals surface area contributed by atoms with Gasteiger partial charge in [-0.25, -0.2) is 13.1 Å². The summed E-state index contributed by atoms with van der Waals surface area (Å²) in [5, 5.41) is 0. The highest BCUT2D eigenvalue weighted by Gasteiger charge is 2.12. The molecule has 0 bridgehead atoms. The number of nitrogens with two attached hydrogens (primary N) is 1. The third kappa shape index (κ3) is 3.86. The van der Waals surface area contributed by atoms with E-state index in [1.807, 2.05) is 12.1 Å². The van der Waals surface area contributed by atoms with E-state index in [1.165, 1.54) is 0 Å². The van der Waals surface area contributed by atoms with E-state index in [2.05, 4.69) is 9.71 Å². The Kier molecular flexibility index (Phi) is 4.84. The van der Waals surface area contributed by atoms with Crippen LogP contribution in [-0.2, 0) is 23.0 Å². The molecule has 0 amide bonds. The Labute approximate surface area is 118 Å². The van der Waals surface area contributed by atoms with Gasteiger partial charge in [0.05, 0.1) is 4.90 Å². The summed E-state index contributed by atoms with van der Waals surface area (Å²) < 4.78 is 26.7. The maximum Gasteiger partial charge on any atom is 0.240 e. The van der Waals surface area contributed by atoms with Crippen molar-refractivity contribution in [2.24, 2.45) is 5.73 Å². The molecule has 0 aliphatic rings. The average Bonchev–Trinajstić information content (AvgIpc) is 2.48. The van der Waals surface area contributed by atoms with E-state index in [9.17, 15) is 8.42 Å². The van der Waals surface area contributed by atoms with E-state index in [0.717, 1.165) is 11.1 Å². The standard InChI is InChI=1S/C14H17N3O2S/c15-10-12-3-5-14(6-4-12)20(18,19)17-9-7-13-2-1-8-16-11-13/h1-6,8,11,17H,7,9-10,15H2. The molecule has 0 atom stereocenters. The van der Waals surface area contributed by atoms with Gasteiger partial charge in [-0.15, -0.1) is 0 Å². The molecule has 1 aromatic heterocycles. The van der Waals surface area contributed by atoms with Crippen LogP contribution in [0.5, 0.6) is 0 Å². The fraction of sp³-hybridized carbons (Fsp3) is 0.214. The van der Waals surface area contributed by atoms with Crippen molar-refractivity contribution in [1.82, 2.24) is 9.71 Å². The molecule has 1 aromatic carbocycles. The highest BCUT2D eigenvalue weighted by Crippen LogP contribution is 2.10. The molecule has 0 aliphatic heterocycles. The molecule has 2 aromatic rings. The van der Waals surface area contributed by atoms with E-state index in [-0.39, 0.29) is 4.90 Å². The van der Waals surface area contributed by atoms with Crippen LogP contribution in [0.1, 0.15) is 11.1 Å². The second kappa shape index (κ2) is 6.60. The van der Waals surface area contributed by atoms with Crippen molar-refractivity contribution in [1.29, 1.82) is 0 Å². The number of hydrogen-bond donors (Lipinski definition) is 2. The molecule has 0 fully saturated rings. The number of hydrogen-bond acceptors (Lipinski definition) is 4. The predicted octanol–water partition coefficient (Wildman–Crippen LogP) is 1.06. The summed E-state index contributed by atoms with van der Waals surface area (Å²) in [7, 11) is -3.47. The van der Waals surface area contributed by atoms with Gasteiger partial charge < -0.3 is 5.73 Å². The normalized spacial score (nSPS) is 11.4. The molecule has 6 heteroatoms. The van der Waals surface area contributed by atoms with Crippen LogP contribution in [-0.4, -0.2) is 19.9 Å². The van der Waals surface area contributed by atoms with Crippen molar-refractivity contribution in [3.63, 3.8) is 0 Å². The Morgan fingerprint density at radius 1 is 1.10 bits per heavy atom. The summed E-state index contributed by atoms with van der Waals surface area (Å²) in [6.45, 7) is 0.738. The monoisotopic (exact) mass is 291 g/mol. The number of aromatic nitrogens is 1. The first-order chi connectivity index (χ1) is 9.62. The Hall–Kier alpha value is -1.76. The zero-order valence-corrected chi connectivity index (χ0v) is 11.8. The van der Waals surface area contributed by atoms with E-state index in [1.54, 1.807) is 36.7 Å². The average molecular weight is 291 g/mol. The minimum absolute atomic E-state index is 0.251. The Morgan fingerprint density at radius 2 is 1.85 bits per heavy atom. The van der Waals surface area contributed by atoms with Gasteiger partial charge >= 0.3 is 0 Å². The van der Waals surface area contributed by atoms with Gasteiger partial charge in [-0.2, -0.15) is 0 Å². The Balaban J connectivity index is 1.96. The fourth-order valence-electron chi connectivity index (χ4n) is 1.76. The highest BCUT2D eigenvalue weighted by atomic mass is 32.2. The first-order valence-corrected chi connectivity index (χ1v) is 7.78. The van der Waals surface area contributed by atoms with Gasteiger partial charge in [-0.1, -0.05) is 18.2 Å². The molecule has 20 heavy (non-hydrogen) atoms. The van der Waals surface area contributed by atoms with E-state index < -0.39 is 10.0 Å². The predicted molar refractivity (Wildman–Crippen MR) is 77.5 cm³/mol. The maximum atomic E-state index is 12.1. The lowest BCUT2D eigenvalue weighted by Crippen LogP contribution is -2.26. The number of sulfonamides is 1. The van der Waals surface area contributed by atoms with Gasteiger partial charge in [0.15, 0.2) is 0 Å². The molecule has 106 valence electrons. The van der Waals surface area contributed by atoms with Crippen molar-refractivity contribution >= 4 is 10.0 Å². The summed E-state index contributed by atoms with van der Waals surface area (Å²) in [4.78, 5) is 4.24. The Morgan fingerprint density at radius 3 is 2.45 bits per heavy atom. The number of rotatable bonds is 6. The zero-order chi connectivity index (χ0) is 14.4. The van der Waals surface area contributed by atoms with Crippen LogP contribution < -0.4 is 10.5 Å². The second-order valence-electron chi connectivity index (χ2n) is 4.36.